The van der Waals surface area contributed by atoms with Gasteiger partial charge in [0.15, 0.2) is 12.6 Å². The Morgan fingerprint density at radius 1 is 0.500 bits per heavy atom. The van der Waals surface area contributed by atoms with Gasteiger partial charge in [-0.2, -0.15) is 0 Å². The highest BCUT2D eigenvalue weighted by Gasteiger charge is 2.51. The number of ether oxygens (including phenoxy) is 4. The van der Waals surface area contributed by atoms with Crippen LogP contribution in [0.5, 0.6) is 0 Å². The fourth-order valence-corrected chi connectivity index (χ4v) is 9.76. The maximum atomic E-state index is 13.2. The van der Waals surface area contributed by atoms with Crippen LogP contribution in [0.15, 0.2) is 12.2 Å². The van der Waals surface area contributed by atoms with Crippen LogP contribution in [-0.4, -0.2) is 140 Å². The molecule has 0 aromatic carbocycles. The van der Waals surface area contributed by atoms with Gasteiger partial charge < -0.3 is 65.1 Å². The van der Waals surface area contributed by atoms with E-state index in [1.807, 2.05) is 0 Å². The van der Waals surface area contributed by atoms with Crippen molar-refractivity contribution in [2.45, 2.75) is 319 Å². The predicted octanol–water partition coefficient (Wildman–Crippen LogP) is 9.11. The highest BCUT2D eigenvalue weighted by atomic mass is 16.7. The van der Waals surface area contributed by atoms with Crippen LogP contribution >= 0.6 is 0 Å². The predicted molar refractivity (Wildman–Crippen MR) is 277 cm³/mol. The normalized spacial score (nSPS) is 26.0. The van der Waals surface area contributed by atoms with Crippen molar-refractivity contribution in [3.8, 4) is 0 Å². The summed E-state index contributed by atoms with van der Waals surface area (Å²) in [5, 5.41) is 87.0. The van der Waals surface area contributed by atoms with Gasteiger partial charge in [0.05, 0.1) is 32.0 Å². The Balaban J connectivity index is 1.70. The molecule has 0 radical (unpaired) electrons. The highest BCUT2D eigenvalue weighted by molar-refractivity contribution is 5.76. The molecule has 0 aromatic heterocycles. The average Bonchev–Trinajstić information content (AvgIpc) is 3.36. The van der Waals surface area contributed by atoms with Gasteiger partial charge in [0.25, 0.3) is 0 Å². The van der Waals surface area contributed by atoms with E-state index in [1.54, 1.807) is 0 Å². The third kappa shape index (κ3) is 29.0. The van der Waals surface area contributed by atoms with Crippen LogP contribution in [0.2, 0.25) is 0 Å². The summed E-state index contributed by atoms with van der Waals surface area (Å²) >= 11 is 0. The fourth-order valence-electron chi connectivity index (χ4n) is 9.76. The van der Waals surface area contributed by atoms with Gasteiger partial charge in [0, 0.05) is 6.42 Å². The second kappa shape index (κ2) is 43.0. The zero-order valence-corrected chi connectivity index (χ0v) is 44.3. The summed E-state index contributed by atoms with van der Waals surface area (Å²) in [7, 11) is 0. The third-order valence-corrected chi connectivity index (χ3v) is 14.5. The van der Waals surface area contributed by atoms with Gasteiger partial charge in [-0.15, -0.1) is 0 Å². The van der Waals surface area contributed by atoms with Crippen LogP contribution in [0.3, 0.4) is 0 Å². The van der Waals surface area contributed by atoms with E-state index >= 15 is 0 Å². The van der Waals surface area contributed by atoms with Crippen molar-refractivity contribution in [2.24, 2.45) is 0 Å². The smallest absolute Gasteiger partial charge is 0.220 e. The lowest BCUT2D eigenvalue weighted by Gasteiger charge is -2.46. The number of nitrogens with one attached hydrogen (secondary N) is 1. The van der Waals surface area contributed by atoms with E-state index in [1.165, 1.54) is 167 Å². The zero-order valence-electron chi connectivity index (χ0n) is 44.3. The first kappa shape index (κ1) is 64.8. The first-order valence-electron chi connectivity index (χ1n) is 28.9. The number of hydrogen-bond donors (Lipinski definition) is 9. The van der Waals surface area contributed by atoms with E-state index in [2.05, 4.69) is 31.3 Å². The van der Waals surface area contributed by atoms with Gasteiger partial charge in [0.2, 0.25) is 5.91 Å². The SMILES string of the molecule is CCCCCCCCCC/C=C\CCCCCCCCCCCCCCCC(=O)NC(COC1OC(CO)C(OC2OC(CO)C(O)C(O)C2O)C(O)C1O)C(O)CCCCCCCCCCCCC. The molecule has 12 atom stereocenters. The Hall–Kier alpha value is -1.27. The standard InChI is InChI=1S/C56H107NO13/c1-3-5-7-9-11-13-15-16-17-18-19-20-21-22-23-24-25-26-27-28-30-32-34-36-38-40-48(61)57-44(45(60)39-37-35-33-31-29-14-12-10-8-6-4-2)43-67-55-53(66)51(64)54(47(42-59)69-55)70-56-52(65)50(63)49(62)46(41-58)68-56/h18-19,44-47,49-56,58-60,62-66H,3-17,20-43H2,1-2H3,(H,57,61)/b19-18-. The minimum absolute atomic E-state index is 0.205. The number of unbranched alkanes of at least 4 members (excludes halogenated alkanes) is 31. The zero-order chi connectivity index (χ0) is 51.0. The van der Waals surface area contributed by atoms with Crippen molar-refractivity contribution >= 4 is 5.91 Å². The van der Waals surface area contributed by atoms with Crippen molar-refractivity contribution in [3.63, 3.8) is 0 Å². The molecule has 2 rings (SSSR count). The summed E-state index contributed by atoms with van der Waals surface area (Å²) in [5.41, 5.74) is 0. The Morgan fingerprint density at radius 3 is 1.36 bits per heavy atom. The van der Waals surface area contributed by atoms with Crippen LogP contribution in [0.25, 0.3) is 0 Å². The van der Waals surface area contributed by atoms with Crippen molar-refractivity contribution in [1.82, 2.24) is 5.32 Å². The van der Waals surface area contributed by atoms with Crippen molar-refractivity contribution in [3.05, 3.63) is 12.2 Å². The maximum Gasteiger partial charge on any atom is 0.220 e. The molecule has 2 aliphatic rings. The Labute approximate surface area is 425 Å². The fraction of sp³-hybridized carbons (Fsp3) is 0.946. The molecular weight excluding hydrogens is 895 g/mol. The van der Waals surface area contributed by atoms with E-state index in [9.17, 15) is 45.6 Å². The topological polar surface area (TPSA) is 228 Å². The van der Waals surface area contributed by atoms with Crippen molar-refractivity contribution < 1.29 is 64.6 Å². The molecule has 0 bridgehead atoms. The van der Waals surface area contributed by atoms with Crippen LogP contribution in [-0.2, 0) is 23.7 Å². The Kier molecular flexibility index (Phi) is 39.9. The molecule has 70 heavy (non-hydrogen) atoms. The second-order valence-corrected chi connectivity index (χ2v) is 20.8. The average molecular weight is 1000 g/mol. The first-order chi connectivity index (χ1) is 34.1. The molecule has 2 fully saturated rings. The first-order valence-corrected chi connectivity index (χ1v) is 28.9. The van der Waals surface area contributed by atoms with Gasteiger partial charge in [-0.25, -0.2) is 0 Å². The van der Waals surface area contributed by atoms with Crippen LogP contribution in [0, 0.1) is 0 Å². The van der Waals surface area contributed by atoms with Gasteiger partial charge in [-0.05, 0) is 38.5 Å². The largest absolute Gasteiger partial charge is 0.394 e. The molecule has 14 nitrogen and oxygen atoms in total. The number of amides is 1. The Morgan fingerprint density at radius 2 is 0.900 bits per heavy atom. The summed E-state index contributed by atoms with van der Waals surface area (Å²) in [6.45, 7) is 2.86. The number of hydrogen-bond acceptors (Lipinski definition) is 13. The lowest BCUT2D eigenvalue weighted by Crippen LogP contribution is -2.65. The third-order valence-electron chi connectivity index (χ3n) is 14.5. The molecule has 414 valence electrons. The Bertz CT molecular complexity index is 1230. The van der Waals surface area contributed by atoms with Crippen LogP contribution in [0.1, 0.15) is 245 Å². The summed E-state index contributed by atoms with van der Waals surface area (Å²) in [6.07, 6.45) is 30.8. The van der Waals surface area contributed by atoms with Gasteiger partial charge >= 0.3 is 0 Å². The molecular formula is C56H107NO13. The van der Waals surface area contributed by atoms with Crippen LogP contribution in [0.4, 0.5) is 0 Å². The molecule has 1 amide bonds. The summed E-state index contributed by atoms with van der Waals surface area (Å²) < 4.78 is 22.8. The van der Waals surface area contributed by atoms with E-state index < -0.39 is 86.8 Å². The van der Waals surface area contributed by atoms with Crippen LogP contribution < -0.4 is 5.32 Å². The monoisotopic (exact) mass is 1000 g/mol. The molecule has 12 unspecified atom stereocenters. The number of aliphatic hydroxyl groups excluding tert-OH is 8. The van der Waals surface area contributed by atoms with Gasteiger partial charge in [-0.3, -0.25) is 4.79 Å². The number of rotatable bonds is 46. The van der Waals surface area contributed by atoms with E-state index in [-0.39, 0.29) is 12.5 Å². The maximum absolute atomic E-state index is 13.2. The summed E-state index contributed by atoms with van der Waals surface area (Å²) in [4.78, 5) is 13.2. The molecule has 2 aliphatic heterocycles. The summed E-state index contributed by atoms with van der Waals surface area (Å²) in [6, 6.07) is -0.824. The summed E-state index contributed by atoms with van der Waals surface area (Å²) in [5.74, 6) is -0.205. The molecule has 0 spiro atoms. The molecule has 14 heteroatoms. The van der Waals surface area contributed by atoms with Gasteiger partial charge in [-0.1, -0.05) is 212 Å². The van der Waals surface area contributed by atoms with E-state index in [0.717, 1.165) is 51.4 Å². The van der Waals surface area contributed by atoms with Crippen molar-refractivity contribution in [1.29, 1.82) is 0 Å². The molecule has 2 heterocycles. The minimum atomic E-state index is -1.78. The lowest BCUT2D eigenvalue weighted by atomic mass is 9.97. The number of allylic oxidation sites excluding steroid dienone is 2. The van der Waals surface area contributed by atoms with Gasteiger partial charge in [0.1, 0.15) is 48.8 Å². The quantitative estimate of drug-likeness (QED) is 0.0205. The number of carbonyl (C=O) groups excluding carboxylic acids is 1. The van der Waals surface area contributed by atoms with E-state index in [4.69, 9.17) is 18.9 Å². The number of carbonyl (C=O) groups is 1. The second-order valence-electron chi connectivity index (χ2n) is 20.8. The highest BCUT2D eigenvalue weighted by Crippen LogP contribution is 2.30. The molecule has 0 saturated carbocycles. The molecule has 2 saturated heterocycles. The minimum Gasteiger partial charge on any atom is -0.394 e. The van der Waals surface area contributed by atoms with Crippen molar-refractivity contribution in [2.75, 3.05) is 19.8 Å². The lowest BCUT2D eigenvalue weighted by molar-refractivity contribution is -0.359. The number of aliphatic hydroxyl groups is 8. The molecule has 0 aliphatic carbocycles. The van der Waals surface area contributed by atoms with E-state index in [0.29, 0.717) is 12.8 Å². The molecule has 0 aromatic rings. The molecule has 9 N–H and O–H groups in total.